The van der Waals surface area contributed by atoms with Crippen molar-refractivity contribution >= 4 is 23.5 Å². The lowest BCUT2D eigenvalue weighted by molar-refractivity contribution is -0.940. The zero-order valence-corrected chi connectivity index (χ0v) is 21.4. The van der Waals surface area contributed by atoms with Crippen LogP contribution in [0.4, 0.5) is 5.69 Å². The minimum Gasteiger partial charge on any atom is -0.465 e. The van der Waals surface area contributed by atoms with Crippen LogP contribution in [-0.4, -0.2) is 55.1 Å². The van der Waals surface area contributed by atoms with E-state index in [2.05, 4.69) is 22.8 Å². The van der Waals surface area contributed by atoms with Gasteiger partial charge in [-0.05, 0) is 44.2 Å². The summed E-state index contributed by atoms with van der Waals surface area (Å²) in [6, 6.07) is 15.8. The summed E-state index contributed by atoms with van der Waals surface area (Å²) in [5, 5.41) is 6.28. The smallest absolute Gasteiger partial charge is 0.339 e. The number of methoxy groups -OCH3 is 1. The van der Waals surface area contributed by atoms with Crippen molar-refractivity contribution in [2.24, 2.45) is 5.92 Å². The molecule has 1 saturated carbocycles. The van der Waals surface area contributed by atoms with Crippen LogP contribution < -0.4 is 10.6 Å². The van der Waals surface area contributed by atoms with E-state index in [4.69, 9.17) is 4.74 Å². The number of aryl methyl sites for hydroxylation is 1. The lowest BCUT2D eigenvalue weighted by Gasteiger charge is -2.43. The van der Waals surface area contributed by atoms with Gasteiger partial charge in [0.05, 0.1) is 37.4 Å². The third-order valence-electron chi connectivity index (χ3n) is 7.65. The minimum absolute atomic E-state index is 0.111. The van der Waals surface area contributed by atoms with Gasteiger partial charge >= 0.3 is 5.97 Å². The number of hydrogen-bond donors (Lipinski definition) is 2. The Kier molecular flexibility index (Phi) is 8.41. The Morgan fingerprint density at radius 1 is 0.972 bits per heavy atom. The summed E-state index contributed by atoms with van der Waals surface area (Å²) in [5.41, 5.74) is 2.77. The second-order valence-electron chi connectivity index (χ2n) is 10.4. The number of nitrogens with one attached hydrogen (secondary N) is 2. The highest BCUT2D eigenvalue weighted by molar-refractivity contribution is 6.02. The number of esters is 1. The highest BCUT2D eigenvalue weighted by atomic mass is 16.5. The van der Waals surface area contributed by atoms with Crippen LogP contribution in [0.5, 0.6) is 0 Å². The summed E-state index contributed by atoms with van der Waals surface area (Å²) in [7, 11) is 1.33. The van der Waals surface area contributed by atoms with Crippen LogP contribution in [0.1, 0.15) is 60.0 Å². The number of carbonyl (C=O) groups excluding carboxylic acids is 3. The molecule has 7 heteroatoms. The number of rotatable bonds is 8. The summed E-state index contributed by atoms with van der Waals surface area (Å²) in [6.45, 7) is 4.22. The van der Waals surface area contributed by atoms with Crippen molar-refractivity contribution in [2.75, 3.05) is 32.1 Å². The van der Waals surface area contributed by atoms with E-state index in [9.17, 15) is 14.4 Å². The van der Waals surface area contributed by atoms with E-state index >= 15 is 0 Å². The van der Waals surface area contributed by atoms with Crippen molar-refractivity contribution in [3.63, 3.8) is 0 Å². The second-order valence-corrected chi connectivity index (χ2v) is 10.4. The van der Waals surface area contributed by atoms with Crippen molar-refractivity contribution in [3.05, 3.63) is 65.2 Å². The van der Waals surface area contributed by atoms with Crippen molar-refractivity contribution in [2.45, 2.75) is 58.0 Å². The van der Waals surface area contributed by atoms with Crippen LogP contribution in [-0.2, 0) is 20.9 Å². The molecule has 1 aliphatic heterocycles. The Labute approximate surface area is 213 Å². The van der Waals surface area contributed by atoms with Crippen LogP contribution in [0.3, 0.4) is 0 Å². The first-order valence-electron chi connectivity index (χ1n) is 13.1. The molecular weight excluding hydrogens is 454 g/mol. The lowest BCUT2D eigenvalue weighted by atomic mass is 9.93. The van der Waals surface area contributed by atoms with E-state index in [-0.39, 0.29) is 30.3 Å². The molecule has 1 heterocycles. The predicted octanol–water partition coefficient (Wildman–Crippen LogP) is 4.21. The molecule has 2 unspecified atom stereocenters. The first-order chi connectivity index (χ1) is 17.4. The van der Waals surface area contributed by atoms with E-state index in [0.717, 1.165) is 43.4 Å². The van der Waals surface area contributed by atoms with Gasteiger partial charge in [0.1, 0.15) is 6.54 Å². The summed E-state index contributed by atoms with van der Waals surface area (Å²) < 4.78 is 5.43. The van der Waals surface area contributed by atoms with E-state index in [1.165, 1.54) is 20.0 Å². The van der Waals surface area contributed by atoms with Gasteiger partial charge in [0.25, 0.3) is 5.91 Å². The SMILES string of the molecule is COC(=O)c1cccc(C)c1NC(=O)C[N+]1(Cc2ccccc2)CCCC(C(=O)NC2CCCC2)C1. The van der Waals surface area contributed by atoms with E-state index < -0.39 is 5.97 Å². The topological polar surface area (TPSA) is 84.5 Å². The van der Waals surface area contributed by atoms with Crippen LogP contribution in [0, 0.1) is 12.8 Å². The Morgan fingerprint density at radius 2 is 1.72 bits per heavy atom. The van der Waals surface area contributed by atoms with Gasteiger partial charge in [-0.15, -0.1) is 0 Å². The molecule has 192 valence electrons. The highest BCUT2D eigenvalue weighted by Crippen LogP contribution is 2.29. The van der Waals surface area contributed by atoms with Gasteiger partial charge in [-0.3, -0.25) is 9.59 Å². The van der Waals surface area contributed by atoms with Crippen LogP contribution in [0.25, 0.3) is 0 Å². The van der Waals surface area contributed by atoms with E-state index in [1.54, 1.807) is 12.1 Å². The van der Waals surface area contributed by atoms with Gasteiger partial charge < -0.3 is 19.9 Å². The molecule has 2 N–H and O–H groups in total. The Balaban J connectivity index is 1.54. The van der Waals surface area contributed by atoms with E-state index in [1.807, 2.05) is 31.2 Å². The normalized spacial score (nSPS) is 22.1. The number of benzene rings is 2. The molecule has 1 aliphatic carbocycles. The number of carbonyl (C=O) groups is 3. The van der Waals surface area contributed by atoms with Gasteiger partial charge in [-0.25, -0.2) is 4.79 Å². The molecule has 0 spiro atoms. The number of hydrogen-bond acceptors (Lipinski definition) is 4. The fourth-order valence-corrected chi connectivity index (χ4v) is 5.84. The molecule has 0 radical (unpaired) electrons. The van der Waals surface area contributed by atoms with Gasteiger partial charge in [-0.1, -0.05) is 55.3 Å². The van der Waals surface area contributed by atoms with Crippen LogP contribution in [0.15, 0.2) is 48.5 Å². The van der Waals surface area contributed by atoms with Gasteiger partial charge in [0.2, 0.25) is 5.91 Å². The molecule has 2 aliphatic rings. The third kappa shape index (κ3) is 6.32. The number of nitrogens with zero attached hydrogens (tertiary/aromatic N) is 1. The molecule has 2 amide bonds. The maximum atomic E-state index is 13.5. The standard InChI is InChI=1S/C29H37N3O4/c1-21-10-8-16-25(29(35)36-2)27(21)31-26(33)20-32(18-22-11-4-3-5-12-22)17-9-13-23(19-32)28(34)30-24-14-6-7-15-24/h3-5,8,10-12,16,23-24H,6-7,9,13-15,17-20H2,1-2H3,(H-,30,31,33,34,35)/p+1. The maximum Gasteiger partial charge on any atom is 0.339 e. The molecule has 7 nitrogen and oxygen atoms in total. The first-order valence-corrected chi connectivity index (χ1v) is 13.1. The fraction of sp³-hybridized carbons (Fsp3) is 0.483. The van der Waals surface area contributed by atoms with Crippen molar-refractivity contribution in [3.8, 4) is 0 Å². The van der Waals surface area contributed by atoms with E-state index in [0.29, 0.717) is 28.8 Å². The van der Waals surface area contributed by atoms with Gasteiger partial charge in [0.15, 0.2) is 6.54 Å². The Bertz CT molecular complexity index is 1080. The summed E-state index contributed by atoms with van der Waals surface area (Å²) >= 11 is 0. The first kappa shape index (κ1) is 25.9. The van der Waals surface area contributed by atoms with Gasteiger partial charge in [0, 0.05) is 11.6 Å². The number of piperidine rings is 1. The molecule has 0 bridgehead atoms. The Morgan fingerprint density at radius 3 is 2.44 bits per heavy atom. The second kappa shape index (κ2) is 11.7. The molecule has 4 rings (SSSR count). The average molecular weight is 493 g/mol. The molecular formula is C29H38N3O4+. The summed E-state index contributed by atoms with van der Waals surface area (Å²) in [4.78, 5) is 39.0. The number of quaternary nitrogens is 1. The predicted molar refractivity (Wildman–Crippen MR) is 139 cm³/mol. The zero-order valence-electron chi connectivity index (χ0n) is 21.4. The monoisotopic (exact) mass is 492 g/mol. The highest BCUT2D eigenvalue weighted by Gasteiger charge is 2.40. The summed E-state index contributed by atoms with van der Waals surface area (Å²) in [5.74, 6) is -0.629. The molecule has 2 aromatic carbocycles. The zero-order chi connectivity index (χ0) is 25.5. The number of amides is 2. The number of likely N-dealkylation sites (tertiary alicyclic amines) is 1. The van der Waals surface area contributed by atoms with Crippen LogP contribution in [0.2, 0.25) is 0 Å². The molecule has 0 aromatic heterocycles. The van der Waals surface area contributed by atoms with Crippen molar-refractivity contribution in [1.29, 1.82) is 0 Å². The molecule has 2 aromatic rings. The average Bonchev–Trinajstić information content (AvgIpc) is 3.38. The number of ether oxygens (including phenoxy) is 1. The summed E-state index contributed by atoms with van der Waals surface area (Å²) in [6.07, 6.45) is 6.21. The Hall–Kier alpha value is -3.19. The third-order valence-corrected chi connectivity index (χ3v) is 7.65. The molecule has 1 saturated heterocycles. The largest absolute Gasteiger partial charge is 0.465 e. The van der Waals surface area contributed by atoms with Crippen molar-refractivity contribution in [1.82, 2.24) is 5.32 Å². The van der Waals surface area contributed by atoms with Crippen molar-refractivity contribution < 1.29 is 23.6 Å². The molecule has 36 heavy (non-hydrogen) atoms. The van der Waals surface area contributed by atoms with Crippen LogP contribution >= 0.6 is 0 Å². The number of anilines is 1. The quantitative estimate of drug-likeness (QED) is 0.427. The van der Waals surface area contributed by atoms with Gasteiger partial charge in [-0.2, -0.15) is 0 Å². The minimum atomic E-state index is -0.483. The molecule has 2 fully saturated rings. The lowest BCUT2D eigenvalue weighted by Crippen LogP contribution is -2.59. The number of para-hydroxylation sites is 1. The fourth-order valence-electron chi connectivity index (χ4n) is 5.84. The molecule has 2 atom stereocenters. The maximum absolute atomic E-state index is 13.5.